The average molecular weight is 377 g/mol. The Hall–Kier alpha value is -3.74. The second kappa shape index (κ2) is 9.10. The van der Waals surface area contributed by atoms with Crippen molar-refractivity contribution in [2.24, 2.45) is 0 Å². The molecule has 0 aliphatic heterocycles. The fourth-order valence-electron chi connectivity index (χ4n) is 2.00. The predicted molar refractivity (Wildman–Crippen MR) is 97.9 cm³/mol. The Balaban J connectivity index is 1.70. The van der Waals surface area contributed by atoms with Crippen LogP contribution in [0, 0.1) is 0 Å². The molecule has 2 rings (SSSR count). The summed E-state index contributed by atoms with van der Waals surface area (Å²) in [6.45, 7) is 0.513. The molecule has 13 nitrogen and oxygen atoms in total. The second-order valence-corrected chi connectivity index (χ2v) is 5.33. The first-order valence-corrected chi connectivity index (χ1v) is 7.85. The van der Waals surface area contributed by atoms with E-state index in [-0.39, 0.29) is 48.9 Å². The van der Waals surface area contributed by atoms with E-state index in [1.807, 2.05) is 0 Å². The fourth-order valence-corrected chi connectivity index (χ4v) is 2.00. The lowest BCUT2D eigenvalue weighted by Crippen LogP contribution is -2.28. The van der Waals surface area contributed by atoms with Crippen LogP contribution in [0.1, 0.15) is 12.8 Å². The van der Waals surface area contributed by atoms with Crippen molar-refractivity contribution in [1.29, 1.82) is 0 Å². The molecule has 0 unspecified atom stereocenters. The number of rotatable bonds is 8. The minimum atomic E-state index is -0.551. The van der Waals surface area contributed by atoms with Crippen molar-refractivity contribution in [2.45, 2.75) is 12.8 Å². The number of amides is 2. The summed E-state index contributed by atoms with van der Waals surface area (Å²) in [6, 6.07) is 0. The summed E-state index contributed by atoms with van der Waals surface area (Å²) >= 11 is 0. The predicted octanol–water partition coefficient (Wildman–Crippen LogP) is -2.04. The molecule has 0 spiro atoms. The first-order valence-electron chi connectivity index (χ1n) is 7.85. The summed E-state index contributed by atoms with van der Waals surface area (Å²) in [5.74, 6) is -1.04. The van der Waals surface area contributed by atoms with Gasteiger partial charge in [-0.1, -0.05) is 0 Å². The molecule has 0 aromatic carbocycles. The van der Waals surface area contributed by atoms with Gasteiger partial charge in [0.2, 0.25) is 11.8 Å². The number of aromatic nitrogens is 4. The van der Waals surface area contributed by atoms with Gasteiger partial charge in [0, 0.05) is 25.9 Å². The Labute approximate surface area is 152 Å². The van der Waals surface area contributed by atoms with E-state index in [1.165, 1.54) is 0 Å². The summed E-state index contributed by atoms with van der Waals surface area (Å²) in [7, 11) is 0. The van der Waals surface area contributed by atoms with Gasteiger partial charge in [0.25, 0.3) is 11.1 Å². The van der Waals surface area contributed by atoms with Gasteiger partial charge in [0.05, 0.1) is 12.7 Å². The first kappa shape index (κ1) is 19.6. The van der Waals surface area contributed by atoms with Crippen LogP contribution in [0.2, 0.25) is 0 Å². The van der Waals surface area contributed by atoms with Crippen molar-refractivity contribution in [1.82, 2.24) is 25.3 Å². The van der Waals surface area contributed by atoms with Crippen molar-refractivity contribution < 1.29 is 9.59 Å². The molecule has 2 amide bonds. The number of hydrogen-bond acceptors (Lipinski definition) is 9. The molecule has 9 N–H and O–H groups in total. The second-order valence-electron chi connectivity index (χ2n) is 5.33. The summed E-state index contributed by atoms with van der Waals surface area (Å²) in [5, 5.41) is 7.64. The molecule has 0 atom stereocenters. The molecule has 0 saturated carbocycles. The molecule has 2 aromatic heterocycles. The van der Waals surface area contributed by atoms with Crippen LogP contribution in [-0.2, 0) is 9.59 Å². The smallest absolute Gasteiger partial charge is 0.276 e. The highest BCUT2D eigenvalue weighted by molar-refractivity contribution is 5.93. The normalized spacial score (nSPS) is 10.4. The monoisotopic (exact) mass is 377 g/mol. The molecule has 27 heavy (non-hydrogen) atoms. The maximum absolute atomic E-state index is 11.8. The molecular weight excluding hydrogens is 358 g/mol. The number of aromatic amines is 2. The number of nitrogens with two attached hydrogens (primary N) is 2. The van der Waals surface area contributed by atoms with E-state index in [0.29, 0.717) is 0 Å². The number of carbonyl (C=O) groups excluding carboxylic acids is 2. The highest BCUT2D eigenvalue weighted by Crippen LogP contribution is 2.07. The zero-order chi connectivity index (χ0) is 19.8. The zero-order valence-corrected chi connectivity index (χ0v) is 14.2. The molecular formula is C14H19N9O4. The topological polar surface area (TPSA) is 214 Å². The van der Waals surface area contributed by atoms with Crippen LogP contribution in [0.15, 0.2) is 22.2 Å². The molecule has 0 aliphatic rings. The standard InChI is InChI=1S/C14H19N9O4/c15-11-9(13(26)20-5-18-11)22-7(24)1-3-17-4-2-8(25)23-10-12(16)19-6-21-14(10)27/h5-6,17H,1-4H2,(H,22,24)(H,23,25)(H3,15,18,20,26)(H3,16,19,21,27). The minimum absolute atomic E-state index is 0.0462. The number of carbonyl (C=O) groups is 2. The van der Waals surface area contributed by atoms with Gasteiger partial charge < -0.3 is 37.4 Å². The molecule has 0 aliphatic carbocycles. The van der Waals surface area contributed by atoms with E-state index in [0.717, 1.165) is 12.7 Å². The number of nitrogen functional groups attached to an aromatic ring is 2. The van der Waals surface area contributed by atoms with E-state index < -0.39 is 22.9 Å². The third kappa shape index (κ3) is 5.64. The van der Waals surface area contributed by atoms with E-state index >= 15 is 0 Å². The van der Waals surface area contributed by atoms with Crippen LogP contribution < -0.4 is 38.5 Å². The lowest BCUT2D eigenvalue weighted by molar-refractivity contribution is -0.116. The van der Waals surface area contributed by atoms with Gasteiger partial charge >= 0.3 is 0 Å². The Kier molecular flexibility index (Phi) is 6.60. The zero-order valence-electron chi connectivity index (χ0n) is 14.2. The maximum Gasteiger partial charge on any atom is 0.276 e. The third-order valence-corrected chi connectivity index (χ3v) is 3.35. The summed E-state index contributed by atoms with van der Waals surface area (Å²) in [4.78, 5) is 58.6. The van der Waals surface area contributed by atoms with Gasteiger partial charge in [-0.25, -0.2) is 9.97 Å². The van der Waals surface area contributed by atoms with E-state index in [9.17, 15) is 19.2 Å². The van der Waals surface area contributed by atoms with Crippen molar-refractivity contribution >= 4 is 34.8 Å². The molecule has 144 valence electrons. The molecule has 0 saturated heterocycles. The van der Waals surface area contributed by atoms with Crippen molar-refractivity contribution in [3.8, 4) is 0 Å². The number of nitrogens with one attached hydrogen (secondary N) is 5. The number of anilines is 4. The molecule has 0 radical (unpaired) electrons. The number of H-pyrrole nitrogens is 2. The van der Waals surface area contributed by atoms with Crippen LogP contribution in [0.3, 0.4) is 0 Å². The van der Waals surface area contributed by atoms with Gasteiger partial charge in [-0.05, 0) is 0 Å². The van der Waals surface area contributed by atoms with Gasteiger partial charge in [-0.15, -0.1) is 0 Å². The Morgan fingerprint density at radius 1 is 0.852 bits per heavy atom. The van der Waals surface area contributed by atoms with Crippen LogP contribution >= 0.6 is 0 Å². The van der Waals surface area contributed by atoms with Gasteiger partial charge in [0.15, 0.2) is 11.6 Å². The minimum Gasteiger partial charge on any atom is -0.382 e. The highest BCUT2D eigenvalue weighted by atomic mass is 16.2. The molecule has 0 fully saturated rings. The lowest BCUT2D eigenvalue weighted by atomic mass is 10.3. The Morgan fingerprint density at radius 3 is 1.63 bits per heavy atom. The van der Waals surface area contributed by atoms with Crippen LogP contribution in [-0.4, -0.2) is 44.8 Å². The lowest BCUT2D eigenvalue weighted by Gasteiger charge is -2.08. The van der Waals surface area contributed by atoms with E-state index in [4.69, 9.17) is 11.5 Å². The average Bonchev–Trinajstić information content (AvgIpc) is 2.61. The van der Waals surface area contributed by atoms with Crippen LogP contribution in [0.5, 0.6) is 0 Å². The molecule has 13 heteroatoms. The van der Waals surface area contributed by atoms with Crippen molar-refractivity contribution in [3.63, 3.8) is 0 Å². The third-order valence-electron chi connectivity index (χ3n) is 3.35. The van der Waals surface area contributed by atoms with Crippen molar-refractivity contribution in [3.05, 3.63) is 33.4 Å². The fraction of sp³-hybridized carbons (Fsp3) is 0.286. The molecule has 2 heterocycles. The van der Waals surface area contributed by atoms with Gasteiger partial charge in [-0.2, -0.15) is 0 Å². The summed E-state index contributed by atoms with van der Waals surface area (Å²) < 4.78 is 0. The quantitative estimate of drug-likeness (QED) is 0.252. The summed E-state index contributed by atoms with van der Waals surface area (Å²) in [6.07, 6.45) is 2.36. The van der Waals surface area contributed by atoms with E-state index in [1.54, 1.807) is 0 Å². The van der Waals surface area contributed by atoms with Gasteiger partial charge in [0.1, 0.15) is 11.4 Å². The number of nitrogens with zero attached hydrogens (tertiary/aromatic N) is 2. The first-order chi connectivity index (χ1) is 12.9. The van der Waals surface area contributed by atoms with Crippen LogP contribution in [0.4, 0.5) is 23.0 Å². The van der Waals surface area contributed by atoms with Gasteiger partial charge in [-0.3, -0.25) is 19.2 Å². The van der Waals surface area contributed by atoms with E-state index in [2.05, 4.69) is 35.9 Å². The maximum atomic E-state index is 11.8. The summed E-state index contributed by atoms with van der Waals surface area (Å²) in [5.41, 5.74) is 9.72. The Morgan fingerprint density at radius 2 is 1.26 bits per heavy atom. The molecule has 2 aromatic rings. The number of hydrogen-bond donors (Lipinski definition) is 7. The highest BCUT2D eigenvalue weighted by Gasteiger charge is 2.11. The largest absolute Gasteiger partial charge is 0.382 e. The molecule has 0 bridgehead atoms. The van der Waals surface area contributed by atoms with Crippen molar-refractivity contribution in [2.75, 3.05) is 35.2 Å². The SMILES string of the molecule is Nc1nc[nH]c(=O)c1NC(=O)CCNCCC(=O)Nc1c(N)nc[nH]c1=O. The van der Waals surface area contributed by atoms with Crippen LogP contribution in [0.25, 0.3) is 0 Å². The Bertz CT molecular complexity index is 861.